The zero-order valence-electron chi connectivity index (χ0n) is 18.1. The molecule has 0 spiro atoms. The lowest BCUT2D eigenvalue weighted by Crippen LogP contribution is -2.48. The molecule has 0 fully saturated rings. The molecule has 3 aromatic rings. The third kappa shape index (κ3) is 7.98. The van der Waals surface area contributed by atoms with E-state index < -0.39 is 26.6 Å². The van der Waals surface area contributed by atoms with E-state index in [9.17, 15) is 14.5 Å². The number of hydrogen-bond acceptors (Lipinski definition) is 6. The smallest absolute Gasteiger partial charge is 0.394 e. The van der Waals surface area contributed by atoms with Crippen LogP contribution < -0.4 is 5.73 Å². The van der Waals surface area contributed by atoms with Crippen molar-refractivity contribution in [1.82, 2.24) is 0 Å². The number of ketones is 1. The van der Waals surface area contributed by atoms with Gasteiger partial charge in [-0.2, -0.15) is 0 Å². The summed E-state index contributed by atoms with van der Waals surface area (Å²) < 4.78 is 15.4. The lowest BCUT2D eigenvalue weighted by Gasteiger charge is -2.27. The summed E-state index contributed by atoms with van der Waals surface area (Å²) in [7, 11) is -4.65. The minimum Gasteiger partial charge on any atom is -0.394 e. The number of rotatable bonds is 12. The molecule has 0 radical (unpaired) electrons. The number of carbonyl (C=O) groups excluding carboxylic acids is 1. The quantitative estimate of drug-likeness (QED) is 0.224. The number of benzene rings is 2. The summed E-state index contributed by atoms with van der Waals surface area (Å²) in [5.41, 5.74) is 7.88. The van der Waals surface area contributed by atoms with E-state index in [0.29, 0.717) is 19.3 Å². The summed E-state index contributed by atoms with van der Waals surface area (Å²) in [5.74, 6) is 0.132. The molecule has 0 amide bonds. The van der Waals surface area contributed by atoms with Crippen LogP contribution in [0.2, 0.25) is 0 Å². The number of aliphatic hydroxyl groups excluding tert-OH is 1. The van der Waals surface area contributed by atoms with Gasteiger partial charge in [0.05, 0.1) is 23.6 Å². The minimum absolute atomic E-state index is 0.132. The van der Waals surface area contributed by atoms with Gasteiger partial charge in [-0.1, -0.05) is 54.6 Å². The second-order valence-corrected chi connectivity index (χ2v) is 10.4. The van der Waals surface area contributed by atoms with E-state index in [1.165, 1.54) is 11.3 Å². The lowest BCUT2D eigenvalue weighted by molar-refractivity contribution is 0.0985. The third-order valence-electron chi connectivity index (χ3n) is 5.35. The Morgan fingerprint density at radius 3 is 2.27 bits per heavy atom. The number of Topliss-reactive ketones (excluding diaryl/α,β-unsaturated/α-hetero) is 1. The Kier molecular flexibility index (Phi) is 8.73. The Hall–Kier alpha value is -2.16. The summed E-state index contributed by atoms with van der Waals surface area (Å²) in [6.07, 6.45) is 2.00. The molecule has 5 N–H and O–H groups in total. The van der Waals surface area contributed by atoms with Crippen molar-refractivity contribution in [3.8, 4) is 10.4 Å². The van der Waals surface area contributed by atoms with Gasteiger partial charge in [-0.05, 0) is 48.1 Å². The fourth-order valence-electron chi connectivity index (χ4n) is 3.31. The number of phosphoric ester groups is 1. The van der Waals surface area contributed by atoms with Gasteiger partial charge in [-0.25, -0.2) is 4.57 Å². The predicted octanol–water partition coefficient (Wildman–Crippen LogP) is 3.96. The van der Waals surface area contributed by atoms with Gasteiger partial charge in [0.2, 0.25) is 0 Å². The molecule has 0 saturated heterocycles. The van der Waals surface area contributed by atoms with Crippen LogP contribution in [0.5, 0.6) is 0 Å². The van der Waals surface area contributed by atoms with Crippen molar-refractivity contribution in [2.75, 3.05) is 13.2 Å². The van der Waals surface area contributed by atoms with Crippen LogP contribution >= 0.6 is 19.2 Å². The molecule has 9 heteroatoms. The van der Waals surface area contributed by atoms with Crippen LogP contribution in [0.25, 0.3) is 10.4 Å². The van der Waals surface area contributed by atoms with Gasteiger partial charge in [0, 0.05) is 11.3 Å². The fourth-order valence-corrected chi connectivity index (χ4v) is 4.71. The van der Waals surface area contributed by atoms with Crippen LogP contribution in [-0.2, 0) is 21.9 Å². The third-order valence-corrected chi connectivity index (χ3v) is 6.99. The first-order chi connectivity index (χ1) is 15.7. The Morgan fingerprint density at radius 2 is 1.64 bits per heavy atom. The molecule has 176 valence electrons. The largest absolute Gasteiger partial charge is 0.469 e. The van der Waals surface area contributed by atoms with Gasteiger partial charge >= 0.3 is 7.82 Å². The summed E-state index contributed by atoms with van der Waals surface area (Å²) in [6.45, 7) is -0.899. The maximum Gasteiger partial charge on any atom is 0.469 e. The average molecular weight is 490 g/mol. The first kappa shape index (κ1) is 25.5. The van der Waals surface area contributed by atoms with Crippen LogP contribution in [0.1, 0.15) is 33.6 Å². The molecule has 1 aromatic heterocycles. The molecular formula is C24H28NO6PS. The first-order valence-electron chi connectivity index (χ1n) is 10.5. The highest BCUT2D eigenvalue weighted by molar-refractivity contribution is 7.46. The number of nitrogens with two attached hydrogens (primary N) is 1. The van der Waals surface area contributed by atoms with E-state index in [1.807, 2.05) is 66.7 Å². The van der Waals surface area contributed by atoms with Crippen molar-refractivity contribution in [1.29, 1.82) is 0 Å². The molecule has 2 aromatic carbocycles. The maximum absolute atomic E-state index is 12.6. The van der Waals surface area contributed by atoms with Crippen molar-refractivity contribution >= 4 is 24.9 Å². The van der Waals surface area contributed by atoms with E-state index >= 15 is 0 Å². The molecule has 0 bridgehead atoms. The molecule has 0 aliphatic heterocycles. The van der Waals surface area contributed by atoms with Crippen LogP contribution in [0.4, 0.5) is 0 Å². The second kappa shape index (κ2) is 11.3. The standard InChI is InChI=1S/C24H28NO6PS/c25-24(16-26,17-31-32(28,29)30)15-14-19-6-9-20(10-7-19)22-12-13-23(33-22)21(27)11-8-18-4-2-1-3-5-18/h1-7,9-10,12-13,26H,8,11,14-17,25H2,(H2,28,29,30). The zero-order valence-corrected chi connectivity index (χ0v) is 19.8. The minimum atomic E-state index is -4.65. The van der Waals surface area contributed by atoms with Gasteiger partial charge in [0.15, 0.2) is 5.78 Å². The van der Waals surface area contributed by atoms with Crippen LogP contribution in [-0.4, -0.2) is 39.4 Å². The Morgan fingerprint density at radius 1 is 0.970 bits per heavy atom. The molecule has 1 heterocycles. The molecule has 0 aliphatic carbocycles. The summed E-state index contributed by atoms with van der Waals surface area (Å²) >= 11 is 1.47. The van der Waals surface area contributed by atoms with E-state index in [1.54, 1.807) is 0 Å². The van der Waals surface area contributed by atoms with Crippen molar-refractivity contribution in [3.63, 3.8) is 0 Å². The molecule has 33 heavy (non-hydrogen) atoms. The van der Waals surface area contributed by atoms with E-state index in [2.05, 4.69) is 4.52 Å². The van der Waals surface area contributed by atoms with Gasteiger partial charge in [0.1, 0.15) is 0 Å². The molecular weight excluding hydrogens is 461 g/mol. The SMILES string of the molecule is NC(CO)(CCc1ccc(-c2ccc(C(=O)CCc3ccccc3)s2)cc1)COP(=O)(O)O. The van der Waals surface area contributed by atoms with Gasteiger partial charge in [-0.15, -0.1) is 11.3 Å². The molecule has 0 aliphatic rings. The van der Waals surface area contributed by atoms with Crippen LogP contribution in [0, 0.1) is 0 Å². The maximum atomic E-state index is 12.6. The average Bonchev–Trinajstić information content (AvgIpc) is 3.31. The number of thiophene rings is 1. The summed E-state index contributed by atoms with van der Waals surface area (Å²) in [5, 5.41) is 9.52. The number of carbonyl (C=O) groups is 1. The van der Waals surface area contributed by atoms with E-state index in [0.717, 1.165) is 32.9 Å². The highest BCUT2D eigenvalue weighted by Crippen LogP contribution is 2.37. The topological polar surface area (TPSA) is 130 Å². The highest BCUT2D eigenvalue weighted by Gasteiger charge is 2.28. The summed E-state index contributed by atoms with van der Waals surface area (Å²) in [4.78, 5) is 32.0. The Bertz CT molecular complexity index is 1100. The van der Waals surface area contributed by atoms with Crippen molar-refractivity contribution in [2.24, 2.45) is 5.73 Å². The molecule has 0 saturated carbocycles. The van der Waals surface area contributed by atoms with Crippen molar-refractivity contribution < 1.29 is 28.8 Å². The fraction of sp³-hybridized carbons (Fsp3) is 0.292. The van der Waals surface area contributed by atoms with Crippen molar-refractivity contribution in [2.45, 2.75) is 31.2 Å². The van der Waals surface area contributed by atoms with E-state index in [4.69, 9.17) is 15.5 Å². The highest BCUT2D eigenvalue weighted by atomic mass is 32.1. The van der Waals surface area contributed by atoms with E-state index in [-0.39, 0.29) is 5.78 Å². The van der Waals surface area contributed by atoms with Gasteiger partial charge in [0.25, 0.3) is 0 Å². The van der Waals surface area contributed by atoms with Gasteiger partial charge in [-0.3, -0.25) is 9.32 Å². The van der Waals surface area contributed by atoms with Crippen LogP contribution in [0.15, 0.2) is 66.7 Å². The monoisotopic (exact) mass is 489 g/mol. The van der Waals surface area contributed by atoms with Gasteiger partial charge < -0.3 is 20.6 Å². The normalized spacial score (nSPS) is 13.6. The molecule has 1 unspecified atom stereocenters. The number of hydrogen-bond donors (Lipinski definition) is 4. The van der Waals surface area contributed by atoms with Crippen LogP contribution in [0.3, 0.4) is 0 Å². The summed E-state index contributed by atoms with van der Waals surface area (Å²) in [6, 6.07) is 21.6. The molecule has 3 rings (SSSR count). The number of aryl methyl sites for hydroxylation is 2. The zero-order chi connectivity index (χ0) is 23.9. The predicted molar refractivity (Wildman–Crippen MR) is 129 cm³/mol. The molecule has 7 nitrogen and oxygen atoms in total. The molecule has 1 atom stereocenters. The first-order valence-corrected chi connectivity index (χ1v) is 12.9. The lowest BCUT2D eigenvalue weighted by atomic mass is 9.93. The number of phosphoric acid groups is 1. The number of aliphatic hydroxyl groups is 1. The Labute approximate surface area is 197 Å². The van der Waals surface area contributed by atoms with Crippen molar-refractivity contribution in [3.05, 3.63) is 82.7 Å². The second-order valence-electron chi connectivity index (χ2n) is 8.05. The Balaban J connectivity index is 1.56.